The van der Waals surface area contributed by atoms with Gasteiger partial charge in [0.25, 0.3) is 0 Å². The molecule has 0 aliphatic carbocycles. The lowest BCUT2D eigenvalue weighted by Gasteiger charge is -2.26. The van der Waals surface area contributed by atoms with Crippen molar-refractivity contribution in [3.8, 4) is 0 Å². The Kier molecular flexibility index (Phi) is 7.45. The minimum Gasteiger partial charge on any atom is -0.480 e. The molecule has 1 fully saturated rings. The number of hydrogen-bond donors (Lipinski definition) is 4. The first-order valence-electron chi connectivity index (χ1n) is 9.59. The number of carboxylic acid groups (broad SMARTS) is 1. The van der Waals surface area contributed by atoms with E-state index in [0.717, 1.165) is 5.56 Å². The summed E-state index contributed by atoms with van der Waals surface area (Å²) in [7, 11) is -3.81. The number of aliphatic carboxylic acids is 1. The number of rotatable bonds is 7. The molecule has 168 valence electrons. The molecule has 30 heavy (non-hydrogen) atoms. The monoisotopic (exact) mass is 442 g/mol. The number of likely N-dealkylation sites (tertiary alicyclic amines) is 1. The molecule has 11 heteroatoms. The molecular weight excluding hydrogens is 412 g/mol. The van der Waals surface area contributed by atoms with Crippen molar-refractivity contribution in [3.63, 3.8) is 0 Å². The second-order valence-corrected chi connectivity index (χ2v) is 10.1. The molecule has 1 aromatic carbocycles. The van der Waals surface area contributed by atoms with Crippen LogP contribution in [0.25, 0.3) is 0 Å². The molecule has 0 spiro atoms. The van der Waals surface area contributed by atoms with Gasteiger partial charge in [-0.05, 0) is 52.2 Å². The minimum absolute atomic E-state index is 0.0910. The van der Waals surface area contributed by atoms with Crippen LogP contribution in [0.4, 0.5) is 4.79 Å². The van der Waals surface area contributed by atoms with E-state index >= 15 is 0 Å². The van der Waals surface area contributed by atoms with Crippen LogP contribution in [0.5, 0.6) is 0 Å². The SMILES string of the molecule is Cc1ccc(S(=O)(=O)NC(N)NC[C@@H]2C[C@H](C(=O)O)N(C(=O)OC(C)(C)C)C2)cc1. The highest BCUT2D eigenvalue weighted by Gasteiger charge is 2.41. The van der Waals surface area contributed by atoms with Crippen LogP contribution in [0.1, 0.15) is 32.8 Å². The normalized spacial score (nSPS) is 20.8. The van der Waals surface area contributed by atoms with Crippen LogP contribution in [-0.4, -0.2) is 61.5 Å². The zero-order valence-electron chi connectivity index (χ0n) is 17.6. The fourth-order valence-electron chi connectivity index (χ4n) is 3.12. The van der Waals surface area contributed by atoms with Gasteiger partial charge in [0.15, 0.2) is 0 Å². The van der Waals surface area contributed by atoms with Gasteiger partial charge in [0.2, 0.25) is 10.0 Å². The number of amides is 1. The van der Waals surface area contributed by atoms with Gasteiger partial charge < -0.3 is 15.6 Å². The van der Waals surface area contributed by atoms with Crippen molar-refractivity contribution in [2.45, 2.75) is 56.9 Å². The van der Waals surface area contributed by atoms with E-state index < -0.39 is 40.0 Å². The summed E-state index contributed by atoms with van der Waals surface area (Å²) in [6.07, 6.45) is -1.56. The van der Waals surface area contributed by atoms with Crippen molar-refractivity contribution in [2.75, 3.05) is 13.1 Å². The lowest BCUT2D eigenvalue weighted by Crippen LogP contribution is -2.52. The number of nitrogens with one attached hydrogen (secondary N) is 2. The largest absolute Gasteiger partial charge is 0.480 e. The fourth-order valence-corrected chi connectivity index (χ4v) is 4.16. The van der Waals surface area contributed by atoms with Gasteiger partial charge in [-0.1, -0.05) is 17.7 Å². The van der Waals surface area contributed by atoms with Crippen molar-refractivity contribution in [3.05, 3.63) is 29.8 Å². The highest BCUT2D eigenvalue weighted by Crippen LogP contribution is 2.25. The molecule has 3 atom stereocenters. The maximum Gasteiger partial charge on any atom is 0.411 e. The van der Waals surface area contributed by atoms with Crippen LogP contribution in [0.15, 0.2) is 29.2 Å². The van der Waals surface area contributed by atoms with Gasteiger partial charge in [0.05, 0.1) is 4.90 Å². The fraction of sp³-hybridized carbons (Fsp3) is 0.579. The van der Waals surface area contributed by atoms with Crippen LogP contribution in [0, 0.1) is 12.8 Å². The molecule has 0 bridgehead atoms. The summed E-state index contributed by atoms with van der Waals surface area (Å²) in [5, 5.41) is 12.3. The van der Waals surface area contributed by atoms with Crippen molar-refractivity contribution in [2.24, 2.45) is 11.7 Å². The quantitative estimate of drug-likeness (QED) is 0.453. The van der Waals surface area contributed by atoms with Crippen molar-refractivity contribution in [1.82, 2.24) is 14.9 Å². The third kappa shape index (κ3) is 6.66. The third-order valence-corrected chi connectivity index (χ3v) is 6.00. The van der Waals surface area contributed by atoms with E-state index in [1.54, 1.807) is 32.9 Å². The number of benzene rings is 1. The van der Waals surface area contributed by atoms with E-state index in [1.807, 2.05) is 6.92 Å². The Morgan fingerprint density at radius 2 is 1.90 bits per heavy atom. The van der Waals surface area contributed by atoms with Crippen molar-refractivity contribution < 1.29 is 27.9 Å². The molecule has 1 aliphatic heterocycles. The van der Waals surface area contributed by atoms with Gasteiger partial charge in [-0.2, -0.15) is 4.72 Å². The van der Waals surface area contributed by atoms with E-state index in [2.05, 4.69) is 10.0 Å². The Bertz CT molecular complexity index is 866. The molecule has 1 aliphatic rings. The highest BCUT2D eigenvalue weighted by molar-refractivity contribution is 7.89. The average molecular weight is 443 g/mol. The van der Waals surface area contributed by atoms with Gasteiger partial charge in [-0.15, -0.1) is 0 Å². The number of hydrogen-bond acceptors (Lipinski definition) is 7. The summed E-state index contributed by atoms with van der Waals surface area (Å²) in [5.74, 6) is -1.35. The molecule has 5 N–H and O–H groups in total. The van der Waals surface area contributed by atoms with Crippen LogP contribution >= 0.6 is 0 Å². The first-order chi connectivity index (χ1) is 13.8. The predicted molar refractivity (Wildman–Crippen MR) is 110 cm³/mol. The second kappa shape index (κ2) is 9.29. The Morgan fingerprint density at radius 1 is 1.30 bits per heavy atom. The highest BCUT2D eigenvalue weighted by atomic mass is 32.2. The van der Waals surface area contributed by atoms with E-state index in [9.17, 15) is 23.1 Å². The van der Waals surface area contributed by atoms with Crippen LogP contribution in [0.2, 0.25) is 0 Å². The van der Waals surface area contributed by atoms with Gasteiger partial charge in [0.1, 0.15) is 17.9 Å². The first-order valence-corrected chi connectivity index (χ1v) is 11.1. The molecule has 0 saturated carbocycles. The second-order valence-electron chi connectivity index (χ2n) is 8.41. The van der Waals surface area contributed by atoms with Crippen molar-refractivity contribution >= 4 is 22.1 Å². The Labute approximate surface area is 176 Å². The number of sulfonamides is 1. The van der Waals surface area contributed by atoms with Gasteiger partial charge >= 0.3 is 12.1 Å². The lowest BCUT2D eigenvalue weighted by molar-refractivity contribution is -0.142. The number of carboxylic acids is 1. The summed E-state index contributed by atoms with van der Waals surface area (Å²) < 4.78 is 32.4. The summed E-state index contributed by atoms with van der Waals surface area (Å²) in [6, 6.07) is 5.33. The van der Waals surface area contributed by atoms with Gasteiger partial charge in [-0.3, -0.25) is 10.2 Å². The molecule has 1 aromatic rings. The number of carbonyl (C=O) groups is 2. The smallest absolute Gasteiger partial charge is 0.411 e. The first kappa shape index (κ1) is 24.1. The average Bonchev–Trinajstić information content (AvgIpc) is 3.03. The molecule has 10 nitrogen and oxygen atoms in total. The van der Waals surface area contributed by atoms with E-state index in [1.165, 1.54) is 17.0 Å². The van der Waals surface area contributed by atoms with Crippen LogP contribution in [-0.2, 0) is 19.6 Å². The number of carbonyl (C=O) groups excluding carboxylic acids is 1. The molecular formula is C19H30N4O6S. The number of nitrogens with two attached hydrogens (primary N) is 1. The van der Waals surface area contributed by atoms with E-state index in [-0.39, 0.29) is 30.3 Å². The summed E-state index contributed by atoms with van der Waals surface area (Å²) in [5.41, 5.74) is 6.04. The molecule has 2 rings (SSSR count). The number of ether oxygens (including phenoxy) is 1. The molecule has 1 heterocycles. The predicted octanol–water partition coefficient (Wildman–Crippen LogP) is 0.815. The Morgan fingerprint density at radius 3 is 2.43 bits per heavy atom. The summed E-state index contributed by atoms with van der Waals surface area (Å²) in [4.78, 5) is 25.2. The zero-order valence-corrected chi connectivity index (χ0v) is 18.4. The summed E-state index contributed by atoms with van der Waals surface area (Å²) >= 11 is 0. The number of nitrogens with zero attached hydrogens (tertiary/aromatic N) is 1. The van der Waals surface area contributed by atoms with E-state index in [4.69, 9.17) is 10.5 Å². The topological polar surface area (TPSA) is 151 Å². The molecule has 0 aromatic heterocycles. The standard InChI is InChI=1S/C19H30N4O6S/c1-12-5-7-14(8-6-12)30(27,28)22-17(20)21-10-13-9-15(16(24)25)23(11-13)18(26)29-19(2,3)4/h5-8,13,15,17,21-22H,9-11,20H2,1-4H3,(H,24,25)/t13-,15+,17?/m0/s1. The molecule has 1 saturated heterocycles. The Hall–Kier alpha value is -2.21. The molecule has 1 unspecified atom stereocenters. The third-order valence-electron chi connectivity index (χ3n) is 4.54. The molecule has 1 amide bonds. The van der Waals surface area contributed by atoms with Gasteiger partial charge in [-0.25, -0.2) is 18.0 Å². The number of aryl methyl sites for hydroxylation is 1. The Balaban J connectivity index is 1.94. The van der Waals surface area contributed by atoms with Gasteiger partial charge in [0, 0.05) is 13.1 Å². The van der Waals surface area contributed by atoms with Crippen molar-refractivity contribution in [1.29, 1.82) is 0 Å². The zero-order chi connectivity index (χ0) is 22.7. The van der Waals surface area contributed by atoms with Crippen LogP contribution < -0.4 is 15.8 Å². The minimum atomic E-state index is -3.81. The lowest BCUT2D eigenvalue weighted by atomic mass is 10.1. The van der Waals surface area contributed by atoms with E-state index in [0.29, 0.717) is 0 Å². The maximum absolute atomic E-state index is 12.4. The summed E-state index contributed by atoms with van der Waals surface area (Å²) in [6.45, 7) is 7.35. The maximum atomic E-state index is 12.4. The molecule has 0 radical (unpaired) electrons. The van der Waals surface area contributed by atoms with Crippen LogP contribution in [0.3, 0.4) is 0 Å².